The summed E-state index contributed by atoms with van der Waals surface area (Å²) in [6, 6.07) is 16.0. The molecular formula is C23H28ClN3O3S. The number of ether oxygens (including phenoxy) is 2. The molecule has 1 aliphatic rings. The molecule has 8 heteroatoms. The fraction of sp³-hybridized carbons (Fsp3) is 0.391. The zero-order chi connectivity index (χ0) is 20.8. The van der Waals surface area contributed by atoms with E-state index in [9.17, 15) is 4.79 Å². The molecule has 0 radical (unpaired) electrons. The van der Waals surface area contributed by atoms with Gasteiger partial charge in [0.15, 0.2) is 5.13 Å². The third-order valence-corrected chi connectivity index (χ3v) is 6.37. The molecule has 0 saturated carbocycles. The molecule has 1 amide bonds. The summed E-state index contributed by atoms with van der Waals surface area (Å²) >= 11 is 1.54. The lowest BCUT2D eigenvalue weighted by atomic mass is 10.1. The average molecular weight is 462 g/mol. The standard InChI is InChI=1S/C23H27N3O3S.ClH/c1-28-19-8-9-20-21(17-19)30-23(24-20)26(12-11-25-13-15-29-16-14-25)22(27)10-7-18-5-3-2-4-6-18;/h2-6,8-9,17H,7,10-16H2,1H3;1H. The topological polar surface area (TPSA) is 54.9 Å². The summed E-state index contributed by atoms with van der Waals surface area (Å²) in [6.45, 7) is 4.77. The Bertz CT molecular complexity index is 977. The number of aryl methyl sites for hydroxylation is 1. The minimum absolute atomic E-state index is 0. The number of carbonyl (C=O) groups excluding carboxylic acids is 1. The van der Waals surface area contributed by atoms with Gasteiger partial charge in [-0.25, -0.2) is 4.98 Å². The van der Waals surface area contributed by atoms with Crippen molar-refractivity contribution in [1.29, 1.82) is 0 Å². The van der Waals surface area contributed by atoms with Crippen molar-refractivity contribution in [3.8, 4) is 5.75 Å². The zero-order valence-corrected chi connectivity index (χ0v) is 19.3. The zero-order valence-electron chi connectivity index (χ0n) is 17.7. The quantitative estimate of drug-likeness (QED) is 0.507. The molecule has 0 N–H and O–H groups in total. The van der Waals surface area contributed by atoms with Gasteiger partial charge in [-0.3, -0.25) is 14.6 Å². The summed E-state index contributed by atoms with van der Waals surface area (Å²) in [5.41, 5.74) is 2.07. The van der Waals surface area contributed by atoms with Crippen molar-refractivity contribution in [2.45, 2.75) is 12.8 Å². The Labute approximate surface area is 193 Å². The molecule has 166 valence electrons. The number of carbonyl (C=O) groups is 1. The second-order valence-corrected chi connectivity index (χ2v) is 8.32. The monoisotopic (exact) mass is 461 g/mol. The minimum Gasteiger partial charge on any atom is -0.497 e. The Morgan fingerprint density at radius 1 is 1.19 bits per heavy atom. The van der Waals surface area contributed by atoms with E-state index in [2.05, 4.69) is 17.0 Å². The highest BCUT2D eigenvalue weighted by Gasteiger charge is 2.21. The van der Waals surface area contributed by atoms with Crippen molar-refractivity contribution in [2.24, 2.45) is 0 Å². The summed E-state index contributed by atoms with van der Waals surface area (Å²) in [6.07, 6.45) is 1.19. The van der Waals surface area contributed by atoms with E-state index in [4.69, 9.17) is 14.5 Å². The van der Waals surface area contributed by atoms with E-state index < -0.39 is 0 Å². The van der Waals surface area contributed by atoms with Crippen LogP contribution in [0.1, 0.15) is 12.0 Å². The summed E-state index contributed by atoms with van der Waals surface area (Å²) in [4.78, 5) is 22.2. The van der Waals surface area contributed by atoms with Gasteiger partial charge >= 0.3 is 0 Å². The van der Waals surface area contributed by atoms with Gasteiger partial charge in [-0.2, -0.15) is 0 Å². The maximum Gasteiger partial charge on any atom is 0.229 e. The number of hydrogen-bond donors (Lipinski definition) is 0. The molecule has 1 aliphatic heterocycles. The lowest BCUT2D eigenvalue weighted by molar-refractivity contribution is -0.118. The fourth-order valence-electron chi connectivity index (χ4n) is 3.56. The Balaban J connectivity index is 0.00000272. The third kappa shape index (κ3) is 6.17. The van der Waals surface area contributed by atoms with Gasteiger partial charge in [0.25, 0.3) is 0 Å². The van der Waals surface area contributed by atoms with Crippen LogP contribution in [-0.2, 0) is 16.0 Å². The molecule has 1 aromatic heterocycles. The molecule has 2 aromatic carbocycles. The van der Waals surface area contributed by atoms with E-state index in [1.54, 1.807) is 18.4 Å². The Kier molecular flexibility index (Phi) is 8.66. The minimum atomic E-state index is 0. The van der Waals surface area contributed by atoms with Gasteiger partial charge in [0.1, 0.15) is 5.75 Å². The van der Waals surface area contributed by atoms with Crippen molar-refractivity contribution < 1.29 is 14.3 Å². The lowest BCUT2D eigenvalue weighted by Crippen LogP contribution is -2.43. The number of fused-ring (bicyclic) bond motifs is 1. The van der Waals surface area contributed by atoms with Crippen LogP contribution in [0.5, 0.6) is 5.75 Å². The number of amides is 1. The normalized spacial score (nSPS) is 14.2. The number of hydrogen-bond acceptors (Lipinski definition) is 6. The third-order valence-electron chi connectivity index (χ3n) is 5.33. The van der Waals surface area contributed by atoms with Crippen LogP contribution in [0.15, 0.2) is 48.5 Å². The van der Waals surface area contributed by atoms with Gasteiger partial charge in [0.05, 0.1) is 30.5 Å². The second kappa shape index (κ2) is 11.4. The highest BCUT2D eigenvalue weighted by atomic mass is 35.5. The summed E-state index contributed by atoms with van der Waals surface area (Å²) < 4.78 is 11.8. The lowest BCUT2D eigenvalue weighted by Gasteiger charge is -2.29. The van der Waals surface area contributed by atoms with E-state index >= 15 is 0 Å². The molecule has 31 heavy (non-hydrogen) atoms. The van der Waals surface area contributed by atoms with E-state index in [1.807, 2.05) is 41.3 Å². The van der Waals surface area contributed by atoms with Crippen LogP contribution >= 0.6 is 23.7 Å². The number of morpholine rings is 1. The van der Waals surface area contributed by atoms with Crippen molar-refractivity contribution in [1.82, 2.24) is 9.88 Å². The van der Waals surface area contributed by atoms with Crippen molar-refractivity contribution in [2.75, 3.05) is 51.4 Å². The number of aromatic nitrogens is 1. The first-order valence-electron chi connectivity index (χ1n) is 10.3. The number of benzene rings is 2. The first-order chi connectivity index (χ1) is 14.7. The Morgan fingerprint density at radius 2 is 1.97 bits per heavy atom. The molecule has 0 bridgehead atoms. The van der Waals surface area contributed by atoms with Crippen LogP contribution in [0, 0.1) is 0 Å². The van der Waals surface area contributed by atoms with Crippen LogP contribution in [0.25, 0.3) is 10.2 Å². The maximum atomic E-state index is 13.2. The molecule has 2 heterocycles. The van der Waals surface area contributed by atoms with Gasteiger partial charge in [-0.1, -0.05) is 41.7 Å². The van der Waals surface area contributed by atoms with Crippen LogP contribution in [0.4, 0.5) is 5.13 Å². The number of methoxy groups -OCH3 is 1. The molecule has 1 fully saturated rings. The molecule has 3 aromatic rings. The smallest absolute Gasteiger partial charge is 0.229 e. The van der Waals surface area contributed by atoms with Crippen molar-refractivity contribution in [3.63, 3.8) is 0 Å². The Hall–Kier alpha value is -2.19. The summed E-state index contributed by atoms with van der Waals surface area (Å²) in [5, 5.41) is 0.754. The molecule has 0 aliphatic carbocycles. The number of nitrogens with zero attached hydrogens (tertiary/aromatic N) is 3. The molecule has 6 nitrogen and oxygen atoms in total. The number of thiazole rings is 1. The van der Waals surface area contributed by atoms with Crippen molar-refractivity contribution >= 4 is 45.0 Å². The molecule has 0 unspecified atom stereocenters. The van der Waals surface area contributed by atoms with E-state index in [0.29, 0.717) is 13.0 Å². The van der Waals surface area contributed by atoms with E-state index in [-0.39, 0.29) is 18.3 Å². The maximum absolute atomic E-state index is 13.2. The Morgan fingerprint density at radius 3 is 2.71 bits per heavy atom. The first-order valence-corrected chi connectivity index (χ1v) is 11.1. The molecule has 0 atom stereocenters. The number of anilines is 1. The predicted molar refractivity (Wildman–Crippen MR) is 128 cm³/mol. The summed E-state index contributed by atoms with van der Waals surface area (Å²) in [7, 11) is 1.66. The van der Waals surface area contributed by atoms with Gasteiger partial charge in [0.2, 0.25) is 5.91 Å². The second-order valence-electron chi connectivity index (χ2n) is 7.32. The molecular weight excluding hydrogens is 434 g/mol. The van der Waals surface area contributed by atoms with E-state index in [0.717, 1.165) is 60.4 Å². The van der Waals surface area contributed by atoms with Gasteiger partial charge in [-0.15, -0.1) is 12.4 Å². The molecule has 1 saturated heterocycles. The van der Waals surface area contributed by atoms with Gasteiger partial charge < -0.3 is 9.47 Å². The van der Waals surface area contributed by atoms with Crippen LogP contribution in [0.2, 0.25) is 0 Å². The van der Waals surface area contributed by atoms with Gasteiger partial charge in [-0.05, 0) is 30.2 Å². The predicted octanol–water partition coefficient (Wildman–Crippen LogP) is 4.02. The summed E-state index contributed by atoms with van der Waals surface area (Å²) in [5.74, 6) is 0.908. The molecule has 0 spiro atoms. The van der Waals surface area contributed by atoms with Crippen LogP contribution < -0.4 is 9.64 Å². The number of halogens is 1. The highest BCUT2D eigenvalue weighted by Crippen LogP contribution is 2.32. The van der Waals surface area contributed by atoms with Gasteiger partial charge in [0, 0.05) is 32.6 Å². The largest absolute Gasteiger partial charge is 0.497 e. The highest BCUT2D eigenvalue weighted by molar-refractivity contribution is 7.22. The average Bonchev–Trinajstić information content (AvgIpc) is 3.22. The van der Waals surface area contributed by atoms with E-state index in [1.165, 1.54) is 5.56 Å². The SMILES string of the molecule is COc1ccc2nc(N(CCN3CCOCC3)C(=O)CCc3ccccc3)sc2c1.Cl. The molecule has 4 rings (SSSR count). The van der Waals surface area contributed by atoms with Crippen LogP contribution in [-0.4, -0.2) is 62.3 Å². The first kappa shape index (κ1) is 23.5. The number of rotatable bonds is 8. The van der Waals surface area contributed by atoms with Crippen LogP contribution in [0.3, 0.4) is 0 Å². The fourth-order valence-corrected chi connectivity index (χ4v) is 4.60. The van der Waals surface area contributed by atoms with Crippen molar-refractivity contribution in [3.05, 3.63) is 54.1 Å².